The molecule has 1 N–H and O–H groups in total. The van der Waals surface area contributed by atoms with E-state index in [-0.39, 0.29) is 18.7 Å². The predicted molar refractivity (Wildman–Crippen MR) is 115 cm³/mol. The summed E-state index contributed by atoms with van der Waals surface area (Å²) < 4.78 is 39.7. The minimum absolute atomic E-state index is 0.0116. The molecule has 0 bridgehead atoms. The number of carboxylic acids is 1. The van der Waals surface area contributed by atoms with Crippen molar-refractivity contribution in [1.29, 1.82) is 0 Å². The van der Waals surface area contributed by atoms with Crippen LogP contribution >= 0.6 is 0 Å². The summed E-state index contributed by atoms with van der Waals surface area (Å²) in [6.45, 7) is -0.543. The van der Waals surface area contributed by atoms with E-state index in [2.05, 4.69) is 0 Å². The lowest BCUT2D eigenvalue weighted by Crippen LogP contribution is -2.41. The van der Waals surface area contributed by atoms with Crippen LogP contribution in [-0.4, -0.2) is 35.2 Å². The lowest BCUT2D eigenvalue weighted by molar-refractivity contribution is -0.139. The van der Waals surface area contributed by atoms with E-state index in [1.165, 1.54) is 4.90 Å². The number of benzene rings is 3. The van der Waals surface area contributed by atoms with Gasteiger partial charge in [-0.15, -0.1) is 0 Å². The van der Waals surface area contributed by atoms with Gasteiger partial charge in [0.05, 0.1) is 6.04 Å². The predicted octanol–water partition coefficient (Wildman–Crippen LogP) is 4.71. The molecule has 1 atom stereocenters. The molecule has 8 heteroatoms. The Labute approximate surface area is 189 Å². The van der Waals surface area contributed by atoms with E-state index >= 15 is 0 Å². The monoisotopic (exact) mass is 453 g/mol. The molecule has 3 aromatic rings. The van der Waals surface area contributed by atoms with Crippen LogP contribution in [0.15, 0.2) is 66.7 Å². The standard InChI is InChI=1S/C25H21F2NO5/c26-18-12-20(24(21(27)13-18)32-15-22(29)30)23-19-9-5-4-8-17(19)10-11-28(23)25(31)33-14-16-6-2-1-3-7-16/h1-9,12-13,23H,10-11,14-15H2,(H,29,30). The fraction of sp³-hybridized carbons (Fsp3) is 0.200. The van der Waals surface area contributed by atoms with Crippen LogP contribution in [0.1, 0.15) is 28.3 Å². The van der Waals surface area contributed by atoms with Gasteiger partial charge in [-0.2, -0.15) is 0 Å². The van der Waals surface area contributed by atoms with Crippen molar-refractivity contribution in [3.63, 3.8) is 0 Å². The molecule has 0 spiro atoms. The first-order valence-electron chi connectivity index (χ1n) is 10.3. The summed E-state index contributed by atoms with van der Waals surface area (Å²) >= 11 is 0. The van der Waals surface area contributed by atoms with Crippen molar-refractivity contribution < 1.29 is 33.0 Å². The van der Waals surface area contributed by atoms with Gasteiger partial charge in [0.1, 0.15) is 12.4 Å². The van der Waals surface area contributed by atoms with Gasteiger partial charge < -0.3 is 14.6 Å². The first kappa shape index (κ1) is 22.3. The molecule has 1 aliphatic rings. The highest BCUT2D eigenvalue weighted by Crippen LogP contribution is 2.41. The number of ether oxygens (including phenoxy) is 2. The highest BCUT2D eigenvalue weighted by Gasteiger charge is 2.36. The van der Waals surface area contributed by atoms with Crippen LogP contribution < -0.4 is 4.74 Å². The first-order chi connectivity index (χ1) is 15.9. The summed E-state index contributed by atoms with van der Waals surface area (Å²) in [5, 5.41) is 8.99. The molecule has 3 aromatic carbocycles. The maximum atomic E-state index is 14.7. The Morgan fingerprint density at radius 1 is 1.00 bits per heavy atom. The number of aliphatic carboxylic acids is 1. The number of hydrogen-bond donors (Lipinski definition) is 1. The van der Waals surface area contributed by atoms with Crippen LogP contribution in [0, 0.1) is 11.6 Å². The number of fused-ring (bicyclic) bond motifs is 1. The van der Waals surface area contributed by atoms with Crippen LogP contribution in [0.4, 0.5) is 13.6 Å². The molecular weight excluding hydrogens is 432 g/mol. The molecule has 1 amide bonds. The molecule has 33 heavy (non-hydrogen) atoms. The van der Waals surface area contributed by atoms with Gasteiger partial charge in [-0.3, -0.25) is 4.90 Å². The van der Waals surface area contributed by atoms with E-state index in [0.717, 1.165) is 17.2 Å². The average molecular weight is 453 g/mol. The van der Waals surface area contributed by atoms with Gasteiger partial charge in [0.15, 0.2) is 18.2 Å². The molecule has 6 nitrogen and oxygen atoms in total. The Bertz CT molecular complexity index is 1170. The van der Waals surface area contributed by atoms with Crippen molar-refractivity contribution in [2.45, 2.75) is 19.1 Å². The maximum absolute atomic E-state index is 14.7. The number of carbonyl (C=O) groups excluding carboxylic acids is 1. The van der Waals surface area contributed by atoms with E-state index in [1.807, 2.05) is 42.5 Å². The third-order valence-electron chi connectivity index (χ3n) is 5.39. The third-order valence-corrected chi connectivity index (χ3v) is 5.39. The van der Waals surface area contributed by atoms with E-state index in [1.54, 1.807) is 12.1 Å². The average Bonchev–Trinajstić information content (AvgIpc) is 2.81. The summed E-state index contributed by atoms with van der Waals surface area (Å²) in [6.07, 6.45) is -0.136. The third kappa shape index (κ3) is 4.95. The number of carboxylic acid groups (broad SMARTS) is 1. The number of carbonyl (C=O) groups is 2. The van der Waals surface area contributed by atoms with Gasteiger partial charge in [0, 0.05) is 18.2 Å². The molecule has 1 aliphatic heterocycles. The van der Waals surface area contributed by atoms with Crippen molar-refractivity contribution >= 4 is 12.1 Å². The van der Waals surface area contributed by atoms with Gasteiger partial charge in [-0.25, -0.2) is 18.4 Å². The first-order valence-corrected chi connectivity index (χ1v) is 10.3. The summed E-state index contributed by atoms with van der Waals surface area (Å²) in [6, 6.07) is 17.1. The molecule has 0 saturated carbocycles. The normalized spacial score (nSPS) is 15.0. The highest BCUT2D eigenvalue weighted by molar-refractivity contribution is 5.71. The van der Waals surface area contributed by atoms with Gasteiger partial charge in [0.2, 0.25) is 0 Å². The van der Waals surface area contributed by atoms with E-state index in [9.17, 15) is 18.4 Å². The quantitative estimate of drug-likeness (QED) is 0.585. The highest BCUT2D eigenvalue weighted by atomic mass is 19.1. The second-order valence-corrected chi connectivity index (χ2v) is 7.57. The Kier molecular flexibility index (Phi) is 6.53. The van der Waals surface area contributed by atoms with Gasteiger partial charge in [0.25, 0.3) is 0 Å². The number of amides is 1. The van der Waals surface area contributed by atoms with Crippen molar-refractivity contribution in [3.05, 3.63) is 101 Å². The summed E-state index contributed by atoms with van der Waals surface area (Å²) in [5.41, 5.74) is 2.37. The molecule has 1 unspecified atom stereocenters. The minimum atomic E-state index is -1.31. The number of rotatable bonds is 6. The topological polar surface area (TPSA) is 76.1 Å². The van der Waals surface area contributed by atoms with Crippen molar-refractivity contribution in [2.75, 3.05) is 13.2 Å². The number of hydrogen-bond acceptors (Lipinski definition) is 4. The van der Waals surface area contributed by atoms with Crippen molar-refractivity contribution in [3.8, 4) is 5.75 Å². The summed E-state index contributed by atoms with van der Waals surface area (Å²) in [7, 11) is 0. The van der Waals surface area contributed by atoms with Gasteiger partial charge >= 0.3 is 12.1 Å². The zero-order valence-corrected chi connectivity index (χ0v) is 17.5. The zero-order valence-electron chi connectivity index (χ0n) is 17.5. The molecule has 4 rings (SSSR count). The molecule has 170 valence electrons. The van der Waals surface area contributed by atoms with Crippen LogP contribution in [0.3, 0.4) is 0 Å². The molecule has 0 aliphatic carbocycles. The van der Waals surface area contributed by atoms with Crippen molar-refractivity contribution in [1.82, 2.24) is 4.90 Å². The smallest absolute Gasteiger partial charge is 0.410 e. The summed E-state index contributed by atoms with van der Waals surface area (Å²) in [4.78, 5) is 25.5. The minimum Gasteiger partial charge on any atom is -0.479 e. The van der Waals surface area contributed by atoms with Gasteiger partial charge in [-0.1, -0.05) is 54.6 Å². The SMILES string of the molecule is O=C(O)COc1c(F)cc(F)cc1C1c2ccccc2CCN1C(=O)OCc1ccccc1. The fourth-order valence-electron chi connectivity index (χ4n) is 3.97. The van der Waals surface area contributed by atoms with Crippen molar-refractivity contribution in [2.24, 2.45) is 0 Å². The molecule has 0 aromatic heterocycles. The van der Waals surface area contributed by atoms with Crippen LogP contribution in [0.25, 0.3) is 0 Å². The lowest BCUT2D eigenvalue weighted by atomic mass is 9.88. The van der Waals surface area contributed by atoms with Crippen LogP contribution in [0.5, 0.6) is 5.75 Å². The zero-order chi connectivity index (χ0) is 23.4. The van der Waals surface area contributed by atoms with Crippen LogP contribution in [-0.2, 0) is 22.6 Å². The number of halogens is 2. The molecule has 0 fully saturated rings. The van der Waals surface area contributed by atoms with Crippen LogP contribution in [0.2, 0.25) is 0 Å². The Morgan fingerprint density at radius 3 is 2.48 bits per heavy atom. The summed E-state index contributed by atoms with van der Waals surface area (Å²) in [5.74, 6) is -3.65. The second kappa shape index (κ2) is 9.68. The molecular formula is C25H21F2NO5. The number of nitrogens with zero attached hydrogens (tertiary/aromatic N) is 1. The lowest BCUT2D eigenvalue weighted by Gasteiger charge is -2.37. The molecule has 0 saturated heterocycles. The Morgan fingerprint density at radius 2 is 1.73 bits per heavy atom. The Balaban J connectivity index is 1.73. The fourth-order valence-corrected chi connectivity index (χ4v) is 3.97. The van der Waals surface area contributed by atoms with E-state index in [4.69, 9.17) is 14.6 Å². The largest absolute Gasteiger partial charge is 0.479 e. The Hall–Kier alpha value is -3.94. The maximum Gasteiger partial charge on any atom is 0.410 e. The molecule has 0 radical (unpaired) electrons. The molecule has 1 heterocycles. The van der Waals surface area contributed by atoms with E-state index in [0.29, 0.717) is 18.1 Å². The second-order valence-electron chi connectivity index (χ2n) is 7.57. The van der Waals surface area contributed by atoms with Gasteiger partial charge in [-0.05, 0) is 29.2 Å². The van der Waals surface area contributed by atoms with E-state index < -0.39 is 42.1 Å².